The predicted molar refractivity (Wildman–Crippen MR) is 83.3 cm³/mol. The summed E-state index contributed by atoms with van der Waals surface area (Å²) in [5.74, 6) is 0. The minimum atomic E-state index is 0.473. The van der Waals surface area contributed by atoms with Crippen LogP contribution in [0.3, 0.4) is 0 Å². The topological polar surface area (TPSA) is 15.3 Å². The monoisotopic (exact) mass is 284 g/mol. The number of hydrogen-bond donors (Lipinski definition) is 1. The van der Waals surface area contributed by atoms with Crippen molar-refractivity contribution in [2.45, 2.75) is 32.7 Å². The van der Waals surface area contributed by atoms with Gasteiger partial charge in [-0.15, -0.1) is 0 Å². The lowest BCUT2D eigenvalue weighted by Crippen LogP contribution is -2.42. The second-order valence-electron chi connectivity index (χ2n) is 4.48. The molecule has 0 aliphatic heterocycles. The molecule has 0 heterocycles. The van der Waals surface area contributed by atoms with Gasteiger partial charge in [0, 0.05) is 24.7 Å². The molecule has 0 aliphatic carbocycles. The Hall–Kier alpha value is -0.800. The zero-order valence-corrected chi connectivity index (χ0v) is 12.8. The van der Waals surface area contributed by atoms with Gasteiger partial charge in [0.15, 0.2) is 5.11 Å². The van der Waals surface area contributed by atoms with Crippen molar-refractivity contribution < 1.29 is 0 Å². The fourth-order valence-electron chi connectivity index (χ4n) is 1.56. The third kappa shape index (κ3) is 4.83. The van der Waals surface area contributed by atoms with E-state index in [1.165, 1.54) is 5.56 Å². The largest absolute Gasteiger partial charge is 0.362 e. The van der Waals surface area contributed by atoms with Gasteiger partial charge in [0.2, 0.25) is 0 Å². The molecule has 4 heteroatoms. The molecule has 0 amide bonds. The van der Waals surface area contributed by atoms with E-state index in [2.05, 4.69) is 24.1 Å². The highest BCUT2D eigenvalue weighted by molar-refractivity contribution is 7.80. The standard InChI is InChI=1S/C14H21ClN2S/c1-4-11(2)17(3)14(18)16-10-9-12-5-7-13(15)8-6-12/h5-8,11H,4,9-10H2,1-3H3,(H,16,18). The van der Waals surface area contributed by atoms with Crippen LogP contribution in [0.4, 0.5) is 0 Å². The molecular formula is C14H21ClN2S. The van der Waals surface area contributed by atoms with Crippen LogP contribution in [-0.4, -0.2) is 29.6 Å². The lowest BCUT2D eigenvalue weighted by atomic mass is 10.1. The second kappa shape index (κ2) is 7.59. The van der Waals surface area contributed by atoms with E-state index >= 15 is 0 Å². The van der Waals surface area contributed by atoms with Crippen LogP contribution >= 0.6 is 23.8 Å². The molecule has 0 saturated carbocycles. The van der Waals surface area contributed by atoms with E-state index in [-0.39, 0.29) is 0 Å². The normalized spacial score (nSPS) is 12.0. The van der Waals surface area contributed by atoms with Crippen LogP contribution in [0.25, 0.3) is 0 Å². The summed E-state index contributed by atoms with van der Waals surface area (Å²) in [6.45, 7) is 5.19. The first-order valence-corrected chi connectivity index (χ1v) is 7.08. The van der Waals surface area contributed by atoms with Crippen molar-refractivity contribution in [2.75, 3.05) is 13.6 Å². The molecule has 0 bridgehead atoms. The lowest BCUT2D eigenvalue weighted by Gasteiger charge is -2.26. The Morgan fingerprint density at radius 2 is 2.00 bits per heavy atom. The maximum atomic E-state index is 5.85. The van der Waals surface area contributed by atoms with E-state index < -0.39 is 0 Å². The maximum Gasteiger partial charge on any atom is 0.168 e. The summed E-state index contributed by atoms with van der Waals surface area (Å²) in [6.07, 6.45) is 2.04. The highest BCUT2D eigenvalue weighted by Crippen LogP contribution is 2.09. The van der Waals surface area contributed by atoms with E-state index in [1.807, 2.05) is 31.3 Å². The fourth-order valence-corrected chi connectivity index (χ4v) is 1.97. The Kier molecular flexibility index (Phi) is 6.44. The Bertz CT molecular complexity index is 378. The van der Waals surface area contributed by atoms with Crippen molar-refractivity contribution in [3.8, 4) is 0 Å². The lowest BCUT2D eigenvalue weighted by molar-refractivity contribution is 0.375. The molecule has 0 radical (unpaired) electrons. The van der Waals surface area contributed by atoms with Crippen LogP contribution in [0.1, 0.15) is 25.8 Å². The van der Waals surface area contributed by atoms with Crippen molar-refractivity contribution >= 4 is 28.9 Å². The van der Waals surface area contributed by atoms with Gasteiger partial charge < -0.3 is 10.2 Å². The SMILES string of the molecule is CCC(C)N(C)C(=S)NCCc1ccc(Cl)cc1. The number of nitrogens with zero attached hydrogens (tertiary/aromatic N) is 1. The maximum absolute atomic E-state index is 5.85. The smallest absolute Gasteiger partial charge is 0.168 e. The summed E-state index contributed by atoms with van der Waals surface area (Å²) >= 11 is 11.2. The van der Waals surface area contributed by atoms with Crippen LogP contribution in [0, 0.1) is 0 Å². The molecule has 0 spiro atoms. The molecule has 0 fully saturated rings. The first kappa shape index (κ1) is 15.3. The summed E-state index contributed by atoms with van der Waals surface area (Å²) in [7, 11) is 2.03. The highest BCUT2D eigenvalue weighted by atomic mass is 35.5. The number of halogens is 1. The first-order chi connectivity index (χ1) is 8.54. The van der Waals surface area contributed by atoms with Gasteiger partial charge in [-0.2, -0.15) is 0 Å². The van der Waals surface area contributed by atoms with Crippen molar-refractivity contribution in [2.24, 2.45) is 0 Å². The summed E-state index contributed by atoms with van der Waals surface area (Å²) in [5.41, 5.74) is 1.26. The van der Waals surface area contributed by atoms with Gasteiger partial charge in [0.1, 0.15) is 0 Å². The van der Waals surface area contributed by atoms with Gasteiger partial charge in [0.05, 0.1) is 0 Å². The minimum Gasteiger partial charge on any atom is -0.362 e. The molecule has 1 aromatic rings. The molecule has 1 N–H and O–H groups in total. The van der Waals surface area contributed by atoms with E-state index in [1.54, 1.807) is 0 Å². The van der Waals surface area contributed by atoms with E-state index in [0.29, 0.717) is 6.04 Å². The van der Waals surface area contributed by atoms with Gasteiger partial charge in [-0.1, -0.05) is 30.7 Å². The molecule has 0 aliphatic rings. The van der Waals surface area contributed by atoms with Gasteiger partial charge in [-0.05, 0) is 49.7 Å². The third-order valence-corrected chi connectivity index (χ3v) is 3.86. The summed E-state index contributed by atoms with van der Waals surface area (Å²) in [6, 6.07) is 8.40. The van der Waals surface area contributed by atoms with Crippen molar-refractivity contribution in [1.29, 1.82) is 0 Å². The van der Waals surface area contributed by atoms with E-state index in [0.717, 1.165) is 29.5 Å². The van der Waals surface area contributed by atoms with Gasteiger partial charge >= 0.3 is 0 Å². The van der Waals surface area contributed by atoms with Crippen LogP contribution in [0.15, 0.2) is 24.3 Å². The average Bonchev–Trinajstić information content (AvgIpc) is 2.39. The molecule has 1 unspecified atom stereocenters. The zero-order valence-electron chi connectivity index (χ0n) is 11.2. The molecular weight excluding hydrogens is 264 g/mol. The summed E-state index contributed by atoms with van der Waals surface area (Å²) in [4.78, 5) is 2.11. The number of hydrogen-bond acceptors (Lipinski definition) is 1. The van der Waals surface area contributed by atoms with Crippen LogP contribution < -0.4 is 5.32 Å². The summed E-state index contributed by atoms with van der Waals surface area (Å²) in [5, 5.41) is 4.88. The quantitative estimate of drug-likeness (QED) is 0.834. The van der Waals surface area contributed by atoms with Gasteiger partial charge in [-0.25, -0.2) is 0 Å². The number of thiocarbonyl (C=S) groups is 1. The molecule has 18 heavy (non-hydrogen) atoms. The molecule has 0 saturated heterocycles. The molecule has 2 nitrogen and oxygen atoms in total. The van der Waals surface area contributed by atoms with Crippen LogP contribution in [0.5, 0.6) is 0 Å². The van der Waals surface area contributed by atoms with E-state index in [4.69, 9.17) is 23.8 Å². The predicted octanol–water partition coefficient (Wildman–Crippen LogP) is 3.49. The van der Waals surface area contributed by atoms with Crippen LogP contribution in [0.2, 0.25) is 5.02 Å². The van der Waals surface area contributed by atoms with Crippen molar-refractivity contribution in [3.05, 3.63) is 34.9 Å². The summed E-state index contributed by atoms with van der Waals surface area (Å²) < 4.78 is 0. The number of nitrogens with one attached hydrogen (secondary N) is 1. The Morgan fingerprint density at radius 1 is 1.39 bits per heavy atom. The molecule has 1 aromatic carbocycles. The molecule has 1 rings (SSSR count). The Morgan fingerprint density at radius 3 is 2.56 bits per heavy atom. The highest BCUT2D eigenvalue weighted by Gasteiger charge is 2.09. The molecule has 100 valence electrons. The third-order valence-electron chi connectivity index (χ3n) is 3.18. The molecule has 1 atom stereocenters. The molecule has 0 aromatic heterocycles. The zero-order chi connectivity index (χ0) is 13.5. The first-order valence-electron chi connectivity index (χ1n) is 6.29. The van der Waals surface area contributed by atoms with Gasteiger partial charge in [0.25, 0.3) is 0 Å². The van der Waals surface area contributed by atoms with Crippen LogP contribution in [-0.2, 0) is 6.42 Å². The second-order valence-corrected chi connectivity index (χ2v) is 5.30. The van der Waals surface area contributed by atoms with Crippen molar-refractivity contribution in [3.63, 3.8) is 0 Å². The number of benzene rings is 1. The van der Waals surface area contributed by atoms with Gasteiger partial charge in [-0.3, -0.25) is 0 Å². The van der Waals surface area contributed by atoms with Crippen molar-refractivity contribution in [1.82, 2.24) is 10.2 Å². The Labute approximate surface area is 120 Å². The average molecular weight is 285 g/mol. The fraction of sp³-hybridized carbons (Fsp3) is 0.500. The minimum absolute atomic E-state index is 0.473. The van der Waals surface area contributed by atoms with E-state index in [9.17, 15) is 0 Å². The number of rotatable bonds is 5. The Balaban J connectivity index is 2.33.